The van der Waals surface area contributed by atoms with Crippen LogP contribution in [0.4, 0.5) is 0 Å². The second-order valence-corrected chi connectivity index (χ2v) is 9.16. The lowest BCUT2D eigenvalue weighted by molar-refractivity contribution is -0.139. The van der Waals surface area contributed by atoms with E-state index in [1.165, 1.54) is 11.3 Å². The molecule has 0 bridgehead atoms. The minimum atomic E-state index is -0.678. The topological polar surface area (TPSA) is 88.4 Å². The summed E-state index contributed by atoms with van der Waals surface area (Å²) in [5, 5.41) is 0. The molecule has 3 aromatic rings. The van der Waals surface area contributed by atoms with Crippen LogP contribution in [0, 0.1) is 0 Å². The number of nitrogens with zero attached hydrogens (tertiary/aromatic N) is 2. The predicted octanol–water partition coefficient (Wildman–Crippen LogP) is 3.60. The molecule has 8 nitrogen and oxygen atoms in total. The molecule has 0 radical (unpaired) electrons. The zero-order chi connectivity index (χ0) is 26.5. The van der Waals surface area contributed by atoms with E-state index in [2.05, 4.69) is 4.99 Å². The summed E-state index contributed by atoms with van der Waals surface area (Å²) in [6.07, 6.45) is 1.79. The Morgan fingerprint density at radius 2 is 1.76 bits per heavy atom. The Hall–Kier alpha value is -3.85. The van der Waals surface area contributed by atoms with Crippen molar-refractivity contribution < 1.29 is 23.7 Å². The number of ether oxygens (including phenoxy) is 4. The molecule has 0 saturated heterocycles. The van der Waals surface area contributed by atoms with E-state index in [9.17, 15) is 9.59 Å². The molecule has 1 aliphatic rings. The monoisotopic (exact) mass is 522 g/mol. The van der Waals surface area contributed by atoms with Crippen molar-refractivity contribution in [3.8, 4) is 17.2 Å². The molecule has 0 fully saturated rings. The molecule has 2 heterocycles. The van der Waals surface area contributed by atoms with Gasteiger partial charge in [-0.05, 0) is 69.2 Å². The number of benzene rings is 2. The normalized spacial score (nSPS) is 15.2. The molecule has 9 heteroatoms. The SMILES string of the molecule is CCOC(=O)C1=C(C)N=c2s/c(=C\c3ccc(OCC)c(OC)c3)c(=O)n2[C@H]1c1ccc(OCC)cc1. The van der Waals surface area contributed by atoms with Crippen molar-refractivity contribution >= 4 is 23.4 Å². The van der Waals surface area contributed by atoms with Crippen LogP contribution >= 0.6 is 11.3 Å². The Bertz CT molecular complexity index is 1500. The van der Waals surface area contributed by atoms with Gasteiger partial charge in [-0.25, -0.2) is 9.79 Å². The smallest absolute Gasteiger partial charge is 0.338 e. The van der Waals surface area contributed by atoms with Gasteiger partial charge in [-0.1, -0.05) is 29.5 Å². The third-order valence-electron chi connectivity index (χ3n) is 5.81. The average molecular weight is 523 g/mol. The molecule has 1 atom stereocenters. The number of allylic oxidation sites excluding steroid dienone is 1. The summed E-state index contributed by atoms with van der Waals surface area (Å²) in [7, 11) is 1.58. The second-order valence-electron chi connectivity index (χ2n) is 8.15. The Kier molecular flexibility index (Phi) is 8.13. The van der Waals surface area contributed by atoms with Gasteiger partial charge < -0.3 is 18.9 Å². The lowest BCUT2D eigenvalue weighted by Crippen LogP contribution is -2.39. The van der Waals surface area contributed by atoms with Crippen LogP contribution in [-0.2, 0) is 9.53 Å². The van der Waals surface area contributed by atoms with Gasteiger partial charge in [0, 0.05) is 0 Å². The van der Waals surface area contributed by atoms with E-state index in [-0.39, 0.29) is 12.2 Å². The number of fused-ring (bicyclic) bond motifs is 1. The zero-order valence-electron chi connectivity index (χ0n) is 21.6. The van der Waals surface area contributed by atoms with Crippen LogP contribution < -0.4 is 29.1 Å². The molecular weight excluding hydrogens is 492 g/mol. The van der Waals surface area contributed by atoms with E-state index >= 15 is 0 Å². The summed E-state index contributed by atoms with van der Waals surface area (Å²) in [4.78, 5) is 31.9. The second kappa shape index (κ2) is 11.5. The van der Waals surface area contributed by atoms with Crippen LogP contribution in [0.2, 0.25) is 0 Å². The minimum absolute atomic E-state index is 0.218. The number of hydrogen-bond acceptors (Lipinski definition) is 8. The van der Waals surface area contributed by atoms with Crippen molar-refractivity contribution in [2.45, 2.75) is 33.7 Å². The highest BCUT2D eigenvalue weighted by Gasteiger charge is 2.33. The van der Waals surface area contributed by atoms with Crippen molar-refractivity contribution in [3.63, 3.8) is 0 Å². The summed E-state index contributed by atoms with van der Waals surface area (Å²) in [5.74, 6) is 1.43. The van der Waals surface area contributed by atoms with Gasteiger partial charge in [0.25, 0.3) is 5.56 Å². The number of methoxy groups -OCH3 is 1. The number of thiazole rings is 1. The number of rotatable bonds is 9. The molecule has 194 valence electrons. The summed E-state index contributed by atoms with van der Waals surface area (Å²) >= 11 is 1.27. The molecular formula is C28H30N2O6S. The van der Waals surface area contributed by atoms with Gasteiger partial charge >= 0.3 is 5.97 Å². The summed E-state index contributed by atoms with van der Waals surface area (Å²) in [6, 6.07) is 12.2. The highest BCUT2D eigenvalue weighted by molar-refractivity contribution is 7.07. The van der Waals surface area contributed by atoms with Gasteiger partial charge in [0.1, 0.15) is 5.75 Å². The molecule has 0 spiro atoms. The largest absolute Gasteiger partial charge is 0.494 e. The number of carbonyl (C=O) groups is 1. The first-order valence-corrected chi connectivity index (χ1v) is 13.0. The quantitative estimate of drug-likeness (QED) is 0.399. The third kappa shape index (κ3) is 5.32. The Labute approximate surface area is 219 Å². The summed E-state index contributed by atoms with van der Waals surface area (Å²) < 4.78 is 24.0. The van der Waals surface area contributed by atoms with Crippen molar-refractivity contribution in [1.82, 2.24) is 4.57 Å². The first kappa shape index (κ1) is 26.2. The van der Waals surface area contributed by atoms with Gasteiger partial charge in [0.15, 0.2) is 16.3 Å². The molecule has 0 unspecified atom stereocenters. The van der Waals surface area contributed by atoms with Gasteiger partial charge in [0.2, 0.25) is 0 Å². The molecule has 0 amide bonds. The fourth-order valence-corrected chi connectivity index (χ4v) is 5.27. The minimum Gasteiger partial charge on any atom is -0.494 e. The van der Waals surface area contributed by atoms with E-state index < -0.39 is 12.0 Å². The number of aromatic nitrogens is 1. The first-order chi connectivity index (χ1) is 17.9. The van der Waals surface area contributed by atoms with Crippen LogP contribution in [0.3, 0.4) is 0 Å². The van der Waals surface area contributed by atoms with Crippen molar-refractivity contribution in [3.05, 3.63) is 84.5 Å². The molecule has 1 aromatic heterocycles. The van der Waals surface area contributed by atoms with Crippen molar-refractivity contribution in [2.75, 3.05) is 26.9 Å². The molecule has 4 rings (SSSR count). The van der Waals surface area contributed by atoms with Gasteiger partial charge in [0.05, 0.1) is 48.8 Å². The molecule has 37 heavy (non-hydrogen) atoms. The van der Waals surface area contributed by atoms with Crippen molar-refractivity contribution in [1.29, 1.82) is 0 Å². The van der Waals surface area contributed by atoms with Crippen LogP contribution in [-0.4, -0.2) is 37.5 Å². The van der Waals surface area contributed by atoms with Gasteiger partial charge in [-0.15, -0.1) is 0 Å². The molecule has 2 aromatic carbocycles. The Balaban J connectivity index is 1.87. The van der Waals surface area contributed by atoms with E-state index in [1.807, 2.05) is 56.3 Å². The lowest BCUT2D eigenvalue weighted by atomic mass is 9.96. The molecule has 1 aliphatic heterocycles. The third-order valence-corrected chi connectivity index (χ3v) is 6.79. The summed E-state index contributed by atoms with van der Waals surface area (Å²) in [6.45, 7) is 8.61. The first-order valence-electron chi connectivity index (χ1n) is 12.1. The lowest BCUT2D eigenvalue weighted by Gasteiger charge is -2.24. The Morgan fingerprint density at radius 3 is 2.41 bits per heavy atom. The maximum atomic E-state index is 13.8. The van der Waals surface area contributed by atoms with Crippen LogP contribution in [0.25, 0.3) is 6.08 Å². The predicted molar refractivity (Wildman–Crippen MR) is 142 cm³/mol. The van der Waals surface area contributed by atoms with Crippen molar-refractivity contribution in [2.24, 2.45) is 4.99 Å². The van der Waals surface area contributed by atoms with Gasteiger partial charge in [-0.3, -0.25) is 9.36 Å². The average Bonchev–Trinajstić information content (AvgIpc) is 3.19. The fourth-order valence-electron chi connectivity index (χ4n) is 4.22. The Morgan fingerprint density at radius 1 is 1.03 bits per heavy atom. The zero-order valence-corrected chi connectivity index (χ0v) is 22.4. The van der Waals surface area contributed by atoms with E-state index in [0.29, 0.717) is 51.1 Å². The van der Waals surface area contributed by atoms with Crippen LogP contribution in [0.5, 0.6) is 17.2 Å². The van der Waals surface area contributed by atoms with E-state index in [4.69, 9.17) is 18.9 Å². The van der Waals surface area contributed by atoms with Gasteiger partial charge in [-0.2, -0.15) is 0 Å². The van der Waals surface area contributed by atoms with Crippen LogP contribution in [0.15, 0.2) is 63.5 Å². The molecule has 0 N–H and O–H groups in total. The maximum Gasteiger partial charge on any atom is 0.338 e. The van der Waals surface area contributed by atoms with E-state index in [1.54, 1.807) is 31.6 Å². The number of esters is 1. The molecule has 0 saturated carbocycles. The number of hydrogen-bond donors (Lipinski definition) is 0. The number of carbonyl (C=O) groups excluding carboxylic acids is 1. The summed E-state index contributed by atoms with van der Waals surface area (Å²) in [5.41, 5.74) is 2.16. The van der Waals surface area contributed by atoms with E-state index in [0.717, 1.165) is 11.1 Å². The highest BCUT2D eigenvalue weighted by atomic mass is 32.1. The molecule has 0 aliphatic carbocycles. The highest BCUT2D eigenvalue weighted by Crippen LogP contribution is 2.32. The van der Waals surface area contributed by atoms with Crippen LogP contribution in [0.1, 0.15) is 44.9 Å². The maximum absolute atomic E-state index is 13.8. The fraction of sp³-hybridized carbons (Fsp3) is 0.321. The standard InChI is InChI=1S/C28H30N2O6S/c1-6-34-20-12-10-19(11-13-20)25-24(27(32)36-8-3)17(4)29-28-30(25)26(31)23(37-28)16-18-9-14-21(35-7-2)22(15-18)33-5/h9-16,25H,6-8H2,1-5H3/b23-16-/t25-/m0/s1.